The zero-order valence-corrected chi connectivity index (χ0v) is 18.6. The molecule has 0 aliphatic carbocycles. The Kier molecular flexibility index (Phi) is 6.70. The summed E-state index contributed by atoms with van der Waals surface area (Å²) in [7, 11) is -3.80. The van der Waals surface area contributed by atoms with Crippen molar-refractivity contribution in [2.75, 3.05) is 4.72 Å². The van der Waals surface area contributed by atoms with Crippen LogP contribution in [0.25, 0.3) is 0 Å². The van der Waals surface area contributed by atoms with Crippen molar-refractivity contribution in [1.82, 2.24) is 0 Å². The van der Waals surface area contributed by atoms with Crippen LogP contribution in [-0.2, 0) is 16.6 Å². The first-order chi connectivity index (χ1) is 14.2. The minimum atomic E-state index is -3.80. The number of halogens is 1. The summed E-state index contributed by atoms with van der Waals surface area (Å²) in [6.45, 7) is 3.99. The van der Waals surface area contributed by atoms with Gasteiger partial charge in [-0.05, 0) is 52.8 Å². The van der Waals surface area contributed by atoms with E-state index in [-0.39, 0.29) is 33.7 Å². The minimum Gasteiger partial charge on any atom is -0.487 e. The molecule has 9 heteroatoms. The van der Waals surface area contributed by atoms with Gasteiger partial charge in [-0.15, -0.1) is 11.3 Å². The Balaban J connectivity index is 1.83. The second kappa shape index (κ2) is 9.07. The number of rotatable bonds is 8. The van der Waals surface area contributed by atoms with E-state index in [0.717, 1.165) is 22.5 Å². The van der Waals surface area contributed by atoms with Crippen molar-refractivity contribution in [3.8, 4) is 5.75 Å². The number of carboxylic acids is 1. The Morgan fingerprint density at radius 1 is 1.17 bits per heavy atom. The molecular weight excluding hydrogens is 446 g/mol. The van der Waals surface area contributed by atoms with Crippen molar-refractivity contribution in [1.29, 1.82) is 0 Å². The van der Waals surface area contributed by atoms with Gasteiger partial charge in [-0.3, -0.25) is 4.72 Å². The predicted octanol–water partition coefficient (Wildman–Crippen LogP) is 5.60. The number of hydrogen-bond acceptors (Lipinski definition) is 5. The number of anilines is 1. The van der Waals surface area contributed by atoms with E-state index in [1.807, 2.05) is 19.9 Å². The number of thiophene rings is 1. The van der Waals surface area contributed by atoms with Crippen LogP contribution in [0.1, 0.15) is 41.3 Å². The molecule has 0 saturated heterocycles. The second-order valence-corrected chi connectivity index (χ2v) is 10.1. The second-order valence-electron chi connectivity index (χ2n) is 6.85. The quantitative estimate of drug-likeness (QED) is 0.451. The van der Waals surface area contributed by atoms with Gasteiger partial charge in [-0.2, -0.15) is 0 Å². The molecule has 0 aliphatic rings. The van der Waals surface area contributed by atoms with Gasteiger partial charge in [-0.25, -0.2) is 13.2 Å². The maximum atomic E-state index is 13.0. The van der Waals surface area contributed by atoms with Crippen LogP contribution in [0.3, 0.4) is 0 Å². The molecule has 2 N–H and O–H groups in total. The molecule has 6 nitrogen and oxygen atoms in total. The number of ether oxygens (including phenoxy) is 1. The van der Waals surface area contributed by atoms with Gasteiger partial charge in [0.25, 0.3) is 10.0 Å². The molecule has 0 atom stereocenters. The molecule has 0 unspecified atom stereocenters. The largest absolute Gasteiger partial charge is 0.487 e. The highest BCUT2D eigenvalue weighted by molar-refractivity contribution is 7.94. The normalized spacial score (nSPS) is 11.5. The van der Waals surface area contributed by atoms with Crippen molar-refractivity contribution < 1.29 is 23.1 Å². The molecular formula is C21H20ClNO5S2. The van der Waals surface area contributed by atoms with Gasteiger partial charge >= 0.3 is 5.97 Å². The molecule has 1 heterocycles. The summed E-state index contributed by atoms with van der Waals surface area (Å²) >= 11 is 7.23. The third-order valence-electron chi connectivity index (χ3n) is 4.31. The molecule has 3 aromatic rings. The first kappa shape index (κ1) is 22.1. The Bertz CT molecular complexity index is 1150. The predicted molar refractivity (Wildman–Crippen MR) is 118 cm³/mol. The number of aromatic carboxylic acids is 1. The van der Waals surface area contributed by atoms with Gasteiger partial charge in [-0.1, -0.05) is 37.6 Å². The molecule has 0 bridgehead atoms. The van der Waals surface area contributed by atoms with Crippen LogP contribution in [0.5, 0.6) is 5.75 Å². The van der Waals surface area contributed by atoms with E-state index in [4.69, 9.17) is 21.4 Å². The number of sulfonamides is 1. The number of hydrogen-bond donors (Lipinski definition) is 2. The first-order valence-electron chi connectivity index (χ1n) is 9.02. The molecule has 158 valence electrons. The van der Waals surface area contributed by atoms with Gasteiger partial charge in [0.15, 0.2) is 0 Å². The van der Waals surface area contributed by atoms with Gasteiger partial charge in [0.1, 0.15) is 16.6 Å². The molecule has 2 aromatic carbocycles. The maximum absolute atomic E-state index is 13.0. The van der Waals surface area contributed by atoms with Crippen molar-refractivity contribution >= 4 is 44.6 Å². The van der Waals surface area contributed by atoms with Gasteiger partial charge in [0, 0.05) is 11.1 Å². The molecule has 30 heavy (non-hydrogen) atoms. The van der Waals surface area contributed by atoms with Crippen LogP contribution in [0.15, 0.2) is 58.1 Å². The van der Waals surface area contributed by atoms with E-state index in [9.17, 15) is 13.2 Å². The van der Waals surface area contributed by atoms with E-state index >= 15 is 0 Å². The lowest BCUT2D eigenvalue weighted by Crippen LogP contribution is -2.14. The summed E-state index contributed by atoms with van der Waals surface area (Å²) in [4.78, 5) is 11.0. The Hall–Kier alpha value is -2.55. The number of nitrogens with one attached hydrogen (secondary N) is 1. The molecule has 0 saturated carbocycles. The summed E-state index contributed by atoms with van der Waals surface area (Å²) in [5.74, 6) is -0.670. The fourth-order valence-corrected chi connectivity index (χ4v) is 5.65. The molecule has 0 aliphatic heterocycles. The van der Waals surface area contributed by atoms with E-state index in [0.29, 0.717) is 5.02 Å². The third-order valence-corrected chi connectivity index (χ3v) is 7.42. The SMILES string of the molecule is CC(C)c1ccsc1S(=O)(=O)Nc1ccc(Cl)cc1OCc1ccc(C(=O)O)cc1. The van der Waals surface area contributed by atoms with Crippen molar-refractivity contribution in [3.05, 3.63) is 75.6 Å². The standard InChI is InChI=1S/C21H20ClNO5S2/c1-13(2)17-9-10-29-21(17)30(26,27)23-18-8-7-16(22)11-19(18)28-12-14-3-5-15(6-4-14)20(24)25/h3-11,13,23H,12H2,1-2H3,(H,24,25). The molecule has 1 aromatic heterocycles. The van der Waals surface area contributed by atoms with Crippen LogP contribution in [-0.4, -0.2) is 19.5 Å². The number of carbonyl (C=O) groups is 1. The van der Waals surface area contributed by atoms with Crippen molar-refractivity contribution in [2.24, 2.45) is 0 Å². The summed E-state index contributed by atoms with van der Waals surface area (Å²) in [5.41, 5.74) is 1.92. The fourth-order valence-electron chi connectivity index (χ4n) is 2.75. The van der Waals surface area contributed by atoms with Crippen LogP contribution < -0.4 is 9.46 Å². The first-order valence-corrected chi connectivity index (χ1v) is 11.8. The summed E-state index contributed by atoms with van der Waals surface area (Å²) < 4.78 is 34.6. The fraction of sp³-hybridized carbons (Fsp3) is 0.190. The molecule has 0 spiro atoms. The Labute approximate surface area is 184 Å². The van der Waals surface area contributed by atoms with Crippen molar-refractivity contribution in [3.63, 3.8) is 0 Å². The molecule has 0 amide bonds. The lowest BCUT2D eigenvalue weighted by Gasteiger charge is -2.15. The van der Waals surface area contributed by atoms with Gasteiger partial charge in [0.2, 0.25) is 0 Å². The molecule has 3 rings (SSSR count). The topological polar surface area (TPSA) is 92.7 Å². The van der Waals surface area contributed by atoms with E-state index in [2.05, 4.69) is 4.72 Å². The Morgan fingerprint density at radius 2 is 1.87 bits per heavy atom. The van der Waals surface area contributed by atoms with E-state index < -0.39 is 16.0 Å². The van der Waals surface area contributed by atoms with E-state index in [1.165, 1.54) is 18.2 Å². The minimum absolute atomic E-state index is 0.0672. The lowest BCUT2D eigenvalue weighted by atomic mass is 10.1. The van der Waals surface area contributed by atoms with E-state index in [1.54, 1.807) is 29.6 Å². The third kappa shape index (κ3) is 5.13. The van der Waals surface area contributed by atoms with Crippen molar-refractivity contribution in [2.45, 2.75) is 30.6 Å². The van der Waals surface area contributed by atoms with Crippen LogP contribution in [0, 0.1) is 0 Å². The van der Waals surface area contributed by atoms with Gasteiger partial charge in [0.05, 0.1) is 11.3 Å². The highest BCUT2D eigenvalue weighted by atomic mass is 35.5. The Morgan fingerprint density at radius 3 is 2.50 bits per heavy atom. The van der Waals surface area contributed by atoms with Gasteiger partial charge < -0.3 is 9.84 Å². The highest BCUT2D eigenvalue weighted by Crippen LogP contribution is 2.34. The number of carboxylic acid groups (broad SMARTS) is 1. The summed E-state index contributed by atoms with van der Waals surface area (Å²) in [6.07, 6.45) is 0. The van der Waals surface area contributed by atoms with Crippen LogP contribution >= 0.6 is 22.9 Å². The molecule has 0 fully saturated rings. The number of benzene rings is 2. The average Bonchev–Trinajstić information content (AvgIpc) is 3.20. The smallest absolute Gasteiger partial charge is 0.335 e. The molecule has 0 radical (unpaired) electrons. The zero-order chi connectivity index (χ0) is 21.9. The lowest BCUT2D eigenvalue weighted by molar-refractivity contribution is 0.0697. The monoisotopic (exact) mass is 465 g/mol. The highest BCUT2D eigenvalue weighted by Gasteiger charge is 2.23. The maximum Gasteiger partial charge on any atom is 0.335 e. The average molecular weight is 466 g/mol. The summed E-state index contributed by atoms with van der Waals surface area (Å²) in [5, 5.41) is 11.1. The van der Waals surface area contributed by atoms with Crippen LogP contribution in [0.2, 0.25) is 5.02 Å². The zero-order valence-electron chi connectivity index (χ0n) is 16.3. The van der Waals surface area contributed by atoms with Crippen LogP contribution in [0.4, 0.5) is 5.69 Å². The summed E-state index contributed by atoms with van der Waals surface area (Å²) in [6, 6.07) is 12.7.